The van der Waals surface area contributed by atoms with Crippen molar-refractivity contribution in [2.45, 2.75) is 142 Å². The molecule has 0 spiro atoms. The highest BCUT2D eigenvalue weighted by atomic mass is 32.2. The number of hydrogen-bond donors (Lipinski definition) is 1. The maximum Gasteiger partial charge on any atom is 0.271 e. The Bertz CT molecular complexity index is 729. The molecule has 0 amide bonds. The van der Waals surface area contributed by atoms with Gasteiger partial charge in [0.15, 0.2) is 0 Å². The summed E-state index contributed by atoms with van der Waals surface area (Å²) in [6, 6.07) is 6.46. The lowest BCUT2D eigenvalue weighted by atomic mass is 9.99. The van der Waals surface area contributed by atoms with Gasteiger partial charge < -0.3 is 4.74 Å². The van der Waals surface area contributed by atoms with E-state index >= 15 is 0 Å². The lowest BCUT2D eigenvalue weighted by Crippen LogP contribution is -2.33. The third-order valence-corrected chi connectivity index (χ3v) is 8.02. The van der Waals surface area contributed by atoms with Gasteiger partial charge >= 0.3 is 0 Å². The van der Waals surface area contributed by atoms with Gasteiger partial charge in [0.2, 0.25) is 0 Å². The van der Waals surface area contributed by atoms with E-state index in [2.05, 4.69) is 32.0 Å². The summed E-state index contributed by atoms with van der Waals surface area (Å²) in [5.74, 6) is 0.782. The number of hydrogen-bond acceptors (Lipinski definition) is 3. The van der Waals surface area contributed by atoms with E-state index in [-0.39, 0.29) is 0 Å². The van der Waals surface area contributed by atoms with Crippen molar-refractivity contribution >= 4 is 10.1 Å². The van der Waals surface area contributed by atoms with E-state index in [0.29, 0.717) is 0 Å². The van der Waals surface area contributed by atoms with E-state index in [1.807, 2.05) is 0 Å². The number of aryl methyl sites for hydroxylation is 2. The fraction of sp³-hybridized carbons (Fsp3) is 0.786. The van der Waals surface area contributed by atoms with E-state index in [1.165, 1.54) is 96.0 Å². The van der Waals surface area contributed by atoms with Gasteiger partial charge in [-0.25, -0.2) is 0 Å². The van der Waals surface area contributed by atoms with Crippen LogP contribution in [0.1, 0.15) is 129 Å². The molecule has 33 heavy (non-hydrogen) atoms. The summed E-state index contributed by atoms with van der Waals surface area (Å²) < 4.78 is 38.7. The molecule has 0 aliphatic carbocycles. The normalized spacial score (nSPS) is 13.7. The van der Waals surface area contributed by atoms with Crippen LogP contribution >= 0.6 is 0 Å². The Balaban J connectivity index is 2.69. The second-order valence-electron chi connectivity index (χ2n) is 9.73. The fourth-order valence-electron chi connectivity index (χ4n) is 4.17. The third kappa shape index (κ3) is 13.4. The molecule has 0 saturated heterocycles. The van der Waals surface area contributed by atoms with E-state index in [1.54, 1.807) is 6.92 Å². The van der Waals surface area contributed by atoms with Crippen molar-refractivity contribution in [3.05, 3.63) is 29.3 Å². The Morgan fingerprint density at radius 2 is 1.24 bits per heavy atom. The summed E-state index contributed by atoms with van der Waals surface area (Å²) in [6.45, 7) is 7.70. The van der Waals surface area contributed by atoms with Gasteiger partial charge in [-0.15, -0.1) is 0 Å². The molecule has 2 unspecified atom stereocenters. The largest absolute Gasteiger partial charge is 0.489 e. The predicted octanol–water partition coefficient (Wildman–Crippen LogP) is 8.32. The van der Waals surface area contributed by atoms with Gasteiger partial charge in [-0.1, -0.05) is 103 Å². The minimum absolute atomic E-state index is 0.610. The zero-order valence-electron chi connectivity index (χ0n) is 21.8. The molecule has 0 aliphatic heterocycles. The van der Waals surface area contributed by atoms with Gasteiger partial charge in [0, 0.05) is 0 Å². The van der Waals surface area contributed by atoms with Crippen LogP contribution in [0.15, 0.2) is 18.2 Å². The lowest BCUT2D eigenvalue weighted by Gasteiger charge is -2.22. The summed E-state index contributed by atoms with van der Waals surface area (Å²) >= 11 is 0. The van der Waals surface area contributed by atoms with Crippen LogP contribution in [-0.4, -0.2) is 24.3 Å². The number of benzene rings is 1. The molecule has 0 aliphatic rings. The van der Waals surface area contributed by atoms with E-state index in [0.717, 1.165) is 30.6 Å². The molecule has 0 bridgehead atoms. The first kappa shape index (κ1) is 30.0. The SMILES string of the molecule is CCCCCCCCCc1ccc(CCCCCCCCC)c(OC(C)C(C)S(=O)(=O)O)c1. The molecule has 4 nitrogen and oxygen atoms in total. The molecule has 0 aromatic heterocycles. The van der Waals surface area contributed by atoms with Crippen LogP contribution in [0, 0.1) is 0 Å². The zero-order chi connectivity index (χ0) is 24.5. The van der Waals surface area contributed by atoms with Gasteiger partial charge in [0.05, 0.1) is 0 Å². The molecule has 1 aromatic rings. The standard InChI is InChI=1S/C28H50O4S/c1-5-7-9-11-13-15-17-19-26-21-22-27(20-18-16-14-12-10-8-6-2)28(23-26)32-24(3)25(4)33(29,30)31/h21-25H,5-20H2,1-4H3,(H,29,30,31). The molecule has 192 valence electrons. The third-order valence-electron chi connectivity index (χ3n) is 6.69. The van der Waals surface area contributed by atoms with Gasteiger partial charge in [-0.05, 0) is 56.7 Å². The van der Waals surface area contributed by atoms with Crippen LogP contribution in [0.2, 0.25) is 0 Å². The van der Waals surface area contributed by atoms with Crippen LogP contribution in [-0.2, 0) is 23.0 Å². The molecule has 0 fully saturated rings. The van der Waals surface area contributed by atoms with Crippen molar-refractivity contribution in [1.29, 1.82) is 0 Å². The number of unbranched alkanes of at least 4 members (excludes halogenated alkanes) is 12. The molecule has 2 atom stereocenters. The van der Waals surface area contributed by atoms with E-state index < -0.39 is 21.5 Å². The van der Waals surface area contributed by atoms with Crippen LogP contribution in [0.4, 0.5) is 0 Å². The molecule has 0 radical (unpaired) electrons. The number of ether oxygens (including phenoxy) is 1. The molecule has 0 heterocycles. The molecule has 5 heteroatoms. The van der Waals surface area contributed by atoms with Crippen LogP contribution in [0.25, 0.3) is 0 Å². The fourth-order valence-corrected chi connectivity index (χ4v) is 4.71. The van der Waals surface area contributed by atoms with Gasteiger partial charge in [-0.2, -0.15) is 8.42 Å². The second kappa shape index (κ2) is 17.4. The first-order chi connectivity index (χ1) is 15.8. The molecule has 1 N–H and O–H groups in total. The number of rotatable bonds is 20. The van der Waals surface area contributed by atoms with Crippen LogP contribution in [0.5, 0.6) is 5.75 Å². The average Bonchev–Trinajstić information content (AvgIpc) is 2.77. The van der Waals surface area contributed by atoms with Gasteiger partial charge in [0.1, 0.15) is 17.1 Å². The summed E-state index contributed by atoms with van der Waals surface area (Å²) in [5.41, 5.74) is 2.38. The zero-order valence-corrected chi connectivity index (χ0v) is 22.6. The Labute approximate surface area is 204 Å². The molecule has 0 saturated carbocycles. The highest BCUT2D eigenvalue weighted by Gasteiger charge is 2.26. The Kier molecular flexibility index (Phi) is 15.8. The quantitative estimate of drug-likeness (QED) is 0.150. The predicted molar refractivity (Wildman–Crippen MR) is 141 cm³/mol. The van der Waals surface area contributed by atoms with Crippen molar-refractivity contribution in [2.75, 3.05) is 0 Å². The molecular weight excluding hydrogens is 432 g/mol. The second-order valence-corrected chi connectivity index (χ2v) is 11.5. The van der Waals surface area contributed by atoms with Crippen molar-refractivity contribution in [3.63, 3.8) is 0 Å². The minimum atomic E-state index is -4.13. The van der Waals surface area contributed by atoms with E-state index in [4.69, 9.17) is 4.74 Å². The maximum atomic E-state index is 11.6. The van der Waals surface area contributed by atoms with Crippen molar-refractivity contribution in [1.82, 2.24) is 0 Å². The van der Waals surface area contributed by atoms with Gasteiger partial charge in [-0.3, -0.25) is 4.55 Å². The van der Waals surface area contributed by atoms with E-state index in [9.17, 15) is 13.0 Å². The minimum Gasteiger partial charge on any atom is -0.489 e. The lowest BCUT2D eigenvalue weighted by molar-refractivity contribution is 0.212. The summed E-state index contributed by atoms with van der Waals surface area (Å²) in [4.78, 5) is 0. The first-order valence-electron chi connectivity index (χ1n) is 13.5. The summed E-state index contributed by atoms with van der Waals surface area (Å²) in [5, 5.41) is -0.962. The Morgan fingerprint density at radius 3 is 1.76 bits per heavy atom. The van der Waals surface area contributed by atoms with Crippen LogP contribution in [0.3, 0.4) is 0 Å². The monoisotopic (exact) mass is 482 g/mol. The summed E-state index contributed by atoms with van der Waals surface area (Å²) in [7, 11) is -4.13. The van der Waals surface area contributed by atoms with Crippen molar-refractivity contribution in [3.8, 4) is 5.75 Å². The molecule has 1 aromatic carbocycles. The first-order valence-corrected chi connectivity index (χ1v) is 15.0. The Morgan fingerprint density at radius 1 is 0.758 bits per heavy atom. The topological polar surface area (TPSA) is 63.6 Å². The smallest absolute Gasteiger partial charge is 0.271 e. The summed E-state index contributed by atoms with van der Waals surface area (Å²) in [6.07, 6.45) is 19.1. The molecule has 1 rings (SSSR count). The van der Waals surface area contributed by atoms with Gasteiger partial charge in [0.25, 0.3) is 10.1 Å². The van der Waals surface area contributed by atoms with Crippen molar-refractivity contribution < 1.29 is 17.7 Å². The highest BCUT2D eigenvalue weighted by molar-refractivity contribution is 7.86. The average molecular weight is 483 g/mol. The van der Waals surface area contributed by atoms with Crippen molar-refractivity contribution in [2.24, 2.45) is 0 Å². The highest BCUT2D eigenvalue weighted by Crippen LogP contribution is 2.26. The molecular formula is C28H50O4S. The Hall–Kier alpha value is -1.07. The maximum absolute atomic E-state index is 11.6. The van der Waals surface area contributed by atoms with Crippen LogP contribution < -0.4 is 4.74 Å².